The monoisotopic (exact) mass is 628 g/mol. The second kappa shape index (κ2) is 13.6. The lowest BCUT2D eigenvalue weighted by molar-refractivity contribution is 0.0697. The number of sulfonamides is 1. The number of nitrogens with zero attached hydrogens (tertiary/aromatic N) is 1. The highest BCUT2D eigenvalue weighted by atomic mass is 35.5. The molecule has 218 valence electrons. The number of hydrogen-bond acceptors (Lipinski definition) is 5. The summed E-state index contributed by atoms with van der Waals surface area (Å²) in [6, 6.07) is 31.0. The fourth-order valence-corrected chi connectivity index (χ4v) is 6.89. The minimum atomic E-state index is -3.72. The summed E-state index contributed by atoms with van der Waals surface area (Å²) >= 11 is 7.73. The van der Waals surface area contributed by atoms with Gasteiger partial charge < -0.3 is 5.11 Å². The number of aromatic carboxylic acids is 1. The normalized spacial score (nSPS) is 12.5. The second-order valence-electron chi connectivity index (χ2n) is 10.0. The van der Waals surface area contributed by atoms with Gasteiger partial charge in [0, 0.05) is 28.0 Å². The van der Waals surface area contributed by atoms with Gasteiger partial charge in [0.2, 0.25) is 10.0 Å². The first kappa shape index (κ1) is 30.5. The number of carboxylic acid groups (broad SMARTS) is 1. The van der Waals surface area contributed by atoms with Crippen molar-refractivity contribution in [1.82, 2.24) is 9.71 Å². The summed E-state index contributed by atoms with van der Waals surface area (Å²) in [4.78, 5) is 16.1. The van der Waals surface area contributed by atoms with Gasteiger partial charge in [-0.15, -0.1) is 11.8 Å². The van der Waals surface area contributed by atoms with E-state index in [1.165, 1.54) is 0 Å². The van der Waals surface area contributed by atoms with Gasteiger partial charge in [0.15, 0.2) is 0 Å². The predicted octanol–water partition coefficient (Wildman–Crippen LogP) is 8.02. The first-order chi connectivity index (χ1) is 20.7. The van der Waals surface area contributed by atoms with Crippen LogP contribution >= 0.6 is 23.4 Å². The molecule has 6 nitrogen and oxygen atoms in total. The summed E-state index contributed by atoms with van der Waals surface area (Å²) in [5.74, 6) is -0.407. The van der Waals surface area contributed by atoms with Gasteiger partial charge in [-0.25, -0.2) is 22.9 Å². The van der Waals surface area contributed by atoms with Crippen molar-refractivity contribution in [3.8, 4) is 0 Å². The molecule has 0 saturated carbocycles. The zero-order valence-electron chi connectivity index (χ0n) is 23.3. The Kier molecular flexibility index (Phi) is 9.62. The maximum absolute atomic E-state index is 13.1. The maximum Gasteiger partial charge on any atom is 0.335 e. The van der Waals surface area contributed by atoms with Crippen LogP contribution in [0.2, 0.25) is 5.02 Å². The SMILES string of the molecule is Cc1ccc(S(=O)(=O)NCC(SCc2ccc(C(=O)O)cc2)c2cccc(/C=C/c3ccc4ccc(Cl)cc4n3)c2)cc1. The molecule has 0 aliphatic rings. The molecule has 0 spiro atoms. The number of pyridine rings is 1. The number of aryl methyl sites for hydroxylation is 1. The third-order valence-corrected chi connectivity index (χ3v) is 9.86. The summed E-state index contributed by atoms with van der Waals surface area (Å²) in [6.07, 6.45) is 3.91. The molecule has 0 fully saturated rings. The molecule has 4 aromatic carbocycles. The van der Waals surface area contributed by atoms with Crippen LogP contribution in [0.25, 0.3) is 23.1 Å². The molecule has 1 heterocycles. The van der Waals surface area contributed by atoms with Crippen molar-refractivity contribution in [2.45, 2.75) is 22.8 Å². The van der Waals surface area contributed by atoms with E-state index < -0.39 is 16.0 Å². The Hall–Kier alpha value is -3.95. The summed E-state index contributed by atoms with van der Waals surface area (Å²) < 4.78 is 29.0. The lowest BCUT2D eigenvalue weighted by Crippen LogP contribution is -2.27. The van der Waals surface area contributed by atoms with E-state index >= 15 is 0 Å². The van der Waals surface area contributed by atoms with Gasteiger partial charge in [0.05, 0.1) is 21.7 Å². The van der Waals surface area contributed by atoms with E-state index in [-0.39, 0.29) is 22.3 Å². The molecule has 0 radical (unpaired) electrons. The van der Waals surface area contributed by atoms with Crippen molar-refractivity contribution in [2.75, 3.05) is 6.54 Å². The van der Waals surface area contributed by atoms with Gasteiger partial charge >= 0.3 is 5.97 Å². The maximum atomic E-state index is 13.1. The van der Waals surface area contributed by atoms with Gasteiger partial charge in [0.25, 0.3) is 0 Å². The highest BCUT2D eigenvalue weighted by molar-refractivity contribution is 7.98. The summed E-state index contributed by atoms with van der Waals surface area (Å²) in [6.45, 7) is 2.08. The number of rotatable bonds is 11. The molecule has 43 heavy (non-hydrogen) atoms. The Bertz CT molecular complexity index is 1890. The minimum absolute atomic E-state index is 0.175. The number of carboxylic acids is 1. The summed E-state index contributed by atoms with van der Waals surface area (Å²) in [7, 11) is -3.72. The van der Waals surface area contributed by atoms with Crippen molar-refractivity contribution in [3.63, 3.8) is 0 Å². The topological polar surface area (TPSA) is 96.4 Å². The van der Waals surface area contributed by atoms with Crippen molar-refractivity contribution in [2.24, 2.45) is 0 Å². The number of benzene rings is 4. The molecule has 5 rings (SSSR count). The first-order valence-electron chi connectivity index (χ1n) is 13.5. The number of carbonyl (C=O) groups is 1. The van der Waals surface area contributed by atoms with E-state index in [4.69, 9.17) is 16.6 Å². The van der Waals surface area contributed by atoms with Crippen LogP contribution in [0.15, 0.2) is 108 Å². The smallest absolute Gasteiger partial charge is 0.335 e. The average molecular weight is 629 g/mol. The number of thioether (sulfide) groups is 1. The van der Waals surface area contributed by atoms with Gasteiger partial charge in [-0.1, -0.05) is 83.9 Å². The van der Waals surface area contributed by atoms with E-state index in [9.17, 15) is 18.3 Å². The van der Waals surface area contributed by atoms with Crippen molar-refractivity contribution < 1.29 is 18.3 Å². The summed E-state index contributed by atoms with van der Waals surface area (Å²) in [5, 5.41) is 10.6. The van der Waals surface area contributed by atoms with E-state index in [0.717, 1.165) is 38.9 Å². The fraction of sp³-hybridized carbons (Fsp3) is 0.118. The highest BCUT2D eigenvalue weighted by Crippen LogP contribution is 2.32. The molecule has 9 heteroatoms. The van der Waals surface area contributed by atoms with Gasteiger partial charge in [0.1, 0.15) is 0 Å². The van der Waals surface area contributed by atoms with Gasteiger partial charge in [-0.05, 0) is 72.2 Å². The van der Waals surface area contributed by atoms with Crippen molar-refractivity contribution >= 4 is 62.4 Å². The number of nitrogens with one attached hydrogen (secondary N) is 1. The van der Waals surface area contributed by atoms with E-state index in [1.54, 1.807) is 60.3 Å². The number of fused-ring (bicyclic) bond motifs is 1. The van der Waals surface area contributed by atoms with Crippen LogP contribution in [-0.4, -0.2) is 31.0 Å². The molecule has 1 aromatic heterocycles. The molecule has 0 aliphatic heterocycles. The Labute approximate surface area is 260 Å². The molecule has 5 aromatic rings. The van der Waals surface area contributed by atoms with Crippen LogP contribution in [0.3, 0.4) is 0 Å². The Balaban J connectivity index is 1.37. The lowest BCUT2D eigenvalue weighted by Gasteiger charge is -2.19. The molecule has 1 atom stereocenters. The third kappa shape index (κ3) is 8.12. The highest BCUT2D eigenvalue weighted by Gasteiger charge is 2.19. The average Bonchev–Trinajstić information content (AvgIpc) is 3.00. The van der Waals surface area contributed by atoms with Gasteiger partial charge in [-0.2, -0.15) is 0 Å². The van der Waals surface area contributed by atoms with E-state index in [1.807, 2.05) is 73.7 Å². The quantitative estimate of drug-likeness (QED) is 0.154. The van der Waals surface area contributed by atoms with Crippen LogP contribution in [0, 0.1) is 6.92 Å². The Morgan fingerprint density at radius 1 is 0.953 bits per heavy atom. The molecule has 2 N–H and O–H groups in total. The van der Waals surface area contributed by atoms with Crippen molar-refractivity contribution in [1.29, 1.82) is 0 Å². The number of hydrogen-bond donors (Lipinski definition) is 2. The molecule has 0 bridgehead atoms. The van der Waals surface area contributed by atoms with Crippen LogP contribution in [-0.2, 0) is 15.8 Å². The zero-order valence-corrected chi connectivity index (χ0v) is 25.7. The number of aromatic nitrogens is 1. The molecule has 0 saturated heterocycles. The Morgan fingerprint density at radius 2 is 1.70 bits per heavy atom. The van der Waals surface area contributed by atoms with Crippen molar-refractivity contribution in [3.05, 3.63) is 142 Å². The van der Waals surface area contributed by atoms with E-state index in [0.29, 0.717) is 10.8 Å². The van der Waals surface area contributed by atoms with Crippen LogP contribution in [0.4, 0.5) is 0 Å². The molecule has 0 amide bonds. The number of halogens is 1. The molecule has 1 unspecified atom stereocenters. The molecular formula is C34H29ClN2O4S2. The van der Waals surface area contributed by atoms with E-state index in [2.05, 4.69) is 4.72 Å². The second-order valence-corrected chi connectivity index (χ2v) is 13.4. The lowest BCUT2D eigenvalue weighted by atomic mass is 10.1. The molecular weight excluding hydrogens is 600 g/mol. The largest absolute Gasteiger partial charge is 0.478 e. The molecule has 0 aliphatic carbocycles. The van der Waals surface area contributed by atoms with Gasteiger partial charge in [-0.3, -0.25) is 0 Å². The van der Waals surface area contributed by atoms with Crippen LogP contribution in [0.1, 0.15) is 43.6 Å². The predicted molar refractivity (Wildman–Crippen MR) is 176 cm³/mol. The Morgan fingerprint density at radius 3 is 2.44 bits per heavy atom. The first-order valence-corrected chi connectivity index (χ1v) is 16.4. The standard InChI is InChI=1S/C34H29ClN2O4S2/c1-23-5-17-31(18-6-23)43(40,41)36-21-33(42-22-25-7-10-27(11-8-25)34(38)39)28-4-2-3-24(19-28)9-15-30-16-13-26-12-14-29(35)20-32(26)37-30/h2-20,33,36H,21-22H2,1H3,(H,38,39)/b15-9+. The van der Waals surface area contributed by atoms with Crippen LogP contribution in [0.5, 0.6) is 0 Å². The zero-order chi connectivity index (χ0) is 30.4. The minimum Gasteiger partial charge on any atom is -0.478 e. The van der Waals surface area contributed by atoms with Crippen LogP contribution < -0.4 is 4.72 Å². The summed E-state index contributed by atoms with van der Waals surface area (Å²) in [5.41, 5.74) is 5.66. The third-order valence-electron chi connectivity index (χ3n) is 6.85. The fourth-order valence-electron chi connectivity index (χ4n) is 4.44.